The van der Waals surface area contributed by atoms with Crippen molar-refractivity contribution in [3.63, 3.8) is 0 Å². The molecule has 1 aromatic rings. The van der Waals surface area contributed by atoms with Gasteiger partial charge in [-0.1, -0.05) is 13.3 Å². The minimum atomic E-state index is -0.00150. The number of likely N-dealkylation sites (N-methyl/N-ethyl adjacent to an activating group) is 1. The molecule has 1 aliphatic heterocycles. The van der Waals surface area contributed by atoms with Crippen LogP contribution in [0.1, 0.15) is 38.7 Å². The Labute approximate surface area is 120 Å². The van der Waals surface area contributed by atoms with Crippen LogP contribution < -0.4 is 15.4 Å². The highest BCUT2D eigenvalue weighted by Crippen LogP contribution is 2.30. The van der Waals surface area contributed by atoms with E-state index in [4.69, 9.17) is 4.74 Å². The molecule has 2 unspecified atom stereocenters. The highest BCUT2D eigenvalue weighted by molar-refractivity contribution is 5.94. The molecule has 0 bridgehead atoms. The van der Waals surface area contributed by atoms with E-state index in [1.54, 1.807) is 0 Å². The van der Waals surface area contributed by atoms with Crippen LogP contribution in [0.4, 0.5) is 5.69 Å². The van der Waals surface area contributed by atoms with Gasteiger partial charge >= 0.3 is 0 Å². The second-order valence-corrected chi connectivity index (χ2v) is 5.53. The molecule has 0 radical (unpaired) electrons. The van der Waals surface area contributed by atoms with Crippen molar-refractivity contribution in [3.05, 3.63) is 23.8 Å². The van der Waals surface area contributed by atoms with Gasteiger partial charge in [0.25, 0.3) is 5.91 Å². The largest absolute Gasteiger partial charge is 0.490 e. The predicted octanol–water partition coefficient (Wildman–Crippen LogP) is 1.70. The number of hydrogen-bond donors (Lipinski definition) is 2. The number of nitrogens with two attached hydrogens (primary N) is 1. The number of quaternary nitrogens is 1. The number of anilines is 1. The second kappa shape index (κ2) is 6.75. The summed E-state index contributed by atoms with van der Waals surface area (Å²) in [6, 6.07) is 5.90. The first-order valence-electron chi connectivity index (χ1n) is 7.54. The molecule has 2 rings (SSSR count). The molecule has 4 heteroatoms. The zero-order valence-electron chi connectivity index (χ0n) is 12.6. The van der Waals surface area contributed by atoms with Crippen LogP contribution in [-0.2, 0) is 11.2 Å². The van der Waals surface area contributed by atoms with E-state index < -0.39 is 0 Å². The lowest BCUT2D eigenvalue weighted by Crippen LogP contribution is -2.88. The summed E-state index contributed by atoms with van der Waals surface area (Å²) in [6.07, 6.45) is 4.27. The van der Waals surface area contributed by atoms with Gasteiger partial charge in [-0.2, -0.15) is 0 Å². The summed E-state index contributed by atoms with van der Waals surface area (Å²) < 4.78 is 5.67. The standard InChI is InChI=1S/C16H24N2O2/c1-4-5-6-14(17-3)16(19)18-13-7-8-15-12(10-13)9-11(2)20-15/h7-8,10-11,14,17H,4-6,9H2,1-3H3,(H,18,19)/p+1. The van der Waals surface area contributed by atoms with Crippen LogP contribution in [-0.4, -0.2) is 25.1 Å². The Kier molecular flexibility index (Phi) is 5.01. The molecule has 0 saturated carbocycles. The number of benzene rings is 1. The lowest BCUT2D eigenvalue weighted by atomic mass is 10.1. The van der Waals surface area contributed by atoms with Crippen molar-refractivity contribution in [1.29, 1.82) is 0 Å². The van der Waals surface area contributed by atoms with E-state index in [1.807, 2.05) is 30.6 Å². The molecular formula is C16H25N2O2+. The van der Waals surface area contributed by atoms with E-state index >= 15 is 0 Å². The molecule has 0 spiro atoms. The van der Waals surface area contributed by atoms with Gasteiger partial charge in [0.1, 0.15) is 11.9 Å². The molecule has 0 saturated heterocycles. The number of hydrogen-bond acceptors (Lipinski definition) is 2. The first-order chi connectivity index (χ1) is 9.63. The van der Waals surface area contributed by atoms with Crippen molar-refractivity contribution in [1.82, 2.24) is 0 Å². The quantitative estimate of drug-likeness (QED) is 0.831. The number of carbonyl (C=O) groups is 1. The maximum atomic E-state index is 12.2. The van der Waals surface area contributed by atoms with Gasteiger partial charge in [0.2, 0.25) is 0 Å². The SMILES string of the molecule is CCCCC([NH2+]C)C(=O)Nc1ccc2c(c1)CC(C)O2. The zero-order valence-corrected chi connectivity index (χ0v) is 12.6. The maximum Gasteiger partial charge on any atom is 0.282 e. The van der Waals surface area contributed by atoms with Gasteiger partial charge in [0.15, 0.2) is 6.04 Å². The Hall–Kier alpha value is -1.55. The first kappa shape index (κ1) is 14.9. The highest BCUT2D eigenvalue weighted by Gasteiger charge is 2.22. The average Bonchev–Trinajstić information content (AvgIpc) is 2.79. The predicted molar refractivity (Wildman–Crippen MR) is 80.0 cm³/mol. The summed E-state index contributed by atoms with van der Waals surface area (Å²) in [7, 11) is 1.96. The van der Waals surface area contributed by atoms with Crippen LogP contribution in [0.25, 0.3) is 0 Å². The Morgan fingerprint density at radius 1 is 1.55 bits per heavy atom. The van der Waals surface area contributed by atoms with Gasteiger partial charge in [0.05, 0.1) is 7.05 Å². The lowest BCUT2D eigenvalue weighted by Gasteiger charge is -2.13. The first-order valence-corrected chi connectivity index (χ1v) is 7.54. The molecule has 1 aliphatic rings. The fourth-order valence-electron chi connectivity index (χ4n) is 2.61. The van der Waals surface area contributed by atoms with Gasteiger partial charge < -0.3 is 15.4 Å². The van der Waals surface area contributed by atoms with Crippen LogP contribution in [0.3, 0.4) is 0 Å². The van der Waals surface area contributed by atoms with E-state index in [-0.39, 0.29) is 18.1 Å². The van der Waals surface area contributed by atoms with Gasteiger partial charge in [-0.25, -0.2) is 0 Å². The van der Waals surface area contributed by atoms with Gasteiger partial charge in [0, 0.05) is 18.5 Å². The Balaban J connectivity index is 1.99. The van der Waals surface area contributed by atoms with Crippen molar-refractivity contribution < 1.29 is 14.8 Å². The summed E-state index contributed by atoms with van der Waals surface area (Å²) in [6.45, 7) is 4.21. The third kappa shape index (κ3) is 3.51. The number of amides is 1. The molecule has 1 heterocycles. The van der Waals surface area contributed by atoms with E-state index in [0.29, 0.717) is 0 Å². The fraction of sp³-hybridized carbons (Fsp3) is 0.562. The molecule has 4 nitrogen and oxygen atoms in total. The molecule has 1 aromatic carbocycles. The van der Waals surface area contributed by atoms with E-state index in [9.17, 15) is 4.79 Å². The highest BCUT2D eigenvalue weighted by atomic mass is 16.5. The lowest BCUT2D eigenvalue weighted by molar-refractivity contribution is -0.650. The van der Waals surface area contributed by atoms with Crippen LogP contribution in [0, 0.1) is 0 Å². The number of rotatable bonds is 6. The van der Waals surface area contributed by atoms with Gasteiger partial charge in [-0.05, 0) is 37.1 Å². The summed E-state index contributed by atoms with van der Waals surface area (Å²) >= 11 is 0. The molecule has 110 valence electrons. The van der Waals surface area contributed by atoms with Crippen molar-refractivity contribution in [2.24, 2.45) is 0 Å². The van der Waals surface area contributed by atoms with Crippen LogP contribution in [0.2, 0.25) is 0 Å². The summed E-state index contributed by atoms with van der Waals surface area (Å²) in [5, 5.41) is 5.01. The number of carbonyl (C=O) groups excluding carboxylic acids is 1. The maximum absolute atomic E-state index is 12.2. The third-order valence-electron chi connectivity index (χ3n) is 3.77. The van der Waals surface area contributed by atoms with Gasteiger partial charge in [-0.15, -0.1) is 0 Å². The Morgan fingerprint density at radius 3 is 3.05 bits per heavy atom. The number of ether oxygens (including phenoxy) is 1. The van der Waals surface area contributed by atoms with Crippen molar-refractivity contribution in [3.8, 4) is 5.75 Å². The summed E-state index contributed by atoms with van der Waals surface area (Å²) in [5.74, 6) is 1.04. The molecule has 20 heavy (non-hydrogen) atoms. The van der Waals surface area contributed by atoms with E-state index in [1.165, 1.54) is 5.56 Å². The van der Waals surface area contributed by atoms with E-state index in [0.717, 1.165) is 37.1 Å². The summed E-state index contributed by atoms with van der Waals surface area (Å²) in [4.78, 5) is 12.2. The molecule has 3 N–H and O–H groups in total. The fourth-order valence-corrected chi connectivity index (χ4v) is 2.61. The van der Waals surface area contributed by atoms with Crippen LogP contribution in [0.5, 0.6) is 5.75 Å². The van der Waals surface area contributed by atoms with E-state index in [2.05, 4.69) is 19.2 Å². The van der Waals surface area contributed by atoms with Crippen LogP contribution >= 0.6 is 0 Å². The molecular weight excluding hydrogens is 252 g/mol. The number of unbranched alkanes of at least 4 members (excludes halogenated alkanes) is 1. The third-order valence-corrected chi connectivity index (χ3v) is 3.77. The second-order valence-electron chi connectivity index (χ2n) is 5.53. The Bertz CT molecular complexity index is 474. The summed E-state index contributed by atoms with van der Waals surface area (Å²) in [5.41, 5.74) is 2.05. The van der Waals surface area contributed by atoms with Crippen LogP contribution in [0.15, 0.2) is 18.2 Å². The van der Waals surface area contributed by atoms with Gasteiger partial charge in [-0.3, -0.25) is 4.79 Å². The normalized spacial score (nSPS) is 18.2. The smallest absolute Gasteiger partial charge is 0.282 e. The van der Waals surface area contributed by atoms with Crippen molar-refractivity contribution >= 4 is 11.6 Å². The molecule has 0 aromatic heterocycles. The molecule has 0 aliphatic carbocycles. The molecule has 0 fully saturated rings. The van der Waals surface area contributed by atoms with Crippen molar-refractivity contribution in [2.45, 2.75) is 51.7 Å². The minimum Gasteiger partial charge on any atom is -0.490 e. The zero-order chi connectivity index (χ0) is 14.5. The number of fused-ring (bicyclic) bond motifs is 1. The molecule has 1 amide bonds. The molecule has 2 atom stereocenters. The number of nitrogens with one attached hydrogen (secondary N) is 1. The average molecular weight is 277 g/mol. The minimum absolute atomic E-state index is 0.00150. The monoisotopic (exact) mass is 277 g/mol. The van der Waals surface area contributed by atoms with Crippen molar-refractivity contribution in [2.75, 3.05) is 12.4 Å². The Morgan fingerprint density at radius 2 is 2.35 bits per heavy atom. The topological polar surface area (TPSA) is 54.9 Å².